The molecule has 0 radical (unpaired) electrons. The summed E-state index contributed by atoms with van der Waals surface area (Å²) in [7, 11) is 0. The van der Waals surface area contributed by atoms with Crippen LogP contribution in [0.5, 0.6) is 0 Å². The summed E-state index contributed by atoms with van der Waals surface area (Å²) in [5, 5.41) is 0.257. The van der Waals surface area contributed by atoms with E-state index in [9.17, 15) is 4.79 Å². The largest absolute Gasteiger partial charge is 2.00 e. The molecule has 0 aliphatic rings. The van der Waals surface area contributed by atoms with E-state index in [0.29, 0.717) is 0 Å². The summed E-state index contributed by atoms with van der Waals surface area (Å²) in [5.74, 6) is 0. The number of aromatic amines is 1. The summed E-state index contributed by atoms with van der Waals surface area (Å²) in [5.41, 5.74) is -0.434. The van der Waals surface area contributed by atoms with Crippen LogP contribution in [-0.2, 0) is 0 Å². The van der Waals surface area contributed by atoms with E-state index < -0.39 is 5.56 Å². The Morgan fingerprint density at radius 3 is 2.27 bits per heavy atom. The first-order valence-corrected chi connectivity index (χ1v) is 3.48. The molecule has 0 amide bonds. The van der Waals surface area contributed by atoms with Crippen LogP contribution in [0.1, 0.15) is 2.85 Å². The number of nitrogens with one attached hydrogen (secondary N) is 1. The van der Waals surface area contributed by atoms with Crippen molar-refractivity contribution in [1.82, 2.24) is 4.98 Å². The minimum absolute atomic E-state index is 0. The molecule has 1 N–H and O–H groups in total. The average Bonchev–Trinajstić information content (AvgIpc) is 1.93. The van der Waals surface area contributed by atoms with Crippen LogP contribution < -0.4 is 5.56 Å². The third-order valence-electron chi connectivity index (χ3n) is 0.932. The Balaban J connectivity index is -0.000000333. The maximum Gasteiger partial charge on any atom is 2.00 e. The van der Waals surface area contributed by atoms with Gasteiger partial charge in [-0.3, -0.25) is 4.79 Å². The fraction of sp³-hybridized carbons (Fsp3) is 0. The van der Waals surface area contributed by atoms with Crippen LogP contribution in [0.15, 0.2) is 11.0 Å². The normalized spacial score (nSPS) is 9.00. The van der Waals surface area contributed by atoms with Crippen LogP contribution in [0.2, 0.25) is 15.1 Å². The van der Waals surface area contributed by atoms with Gasteiger partial charge in [0, 0.05) is 6.20 Å². The van der Waals surface area contributed by atoms with Crippen LogP contribution in [0, 0.1) is 0 Å². The number of aromatic nitrogens is 1. The van der Waals surface area contributed by atoms with Crippen molar-refractivity contribution in [3.63, 3.8) is 0 Å². The van der Waals surface area contributed by atoms with E-state index in [2.05, 4.69) is 4.98 Å². The molecule has 1 heterocycles. The van der Waals surface area contributed by atoms with Gasteiger partial charge in [-0.15, -0.1) is 0 Å². The number of hydrogen-bond acceptors (Lipinski definition) is 1. The average molecular weight is 225 g/mol. The van der Waals surface area contributed by atoms with Gasteiger partial charge < -0.3 is 7.84 Å². The molecule has 2 nitrogen and oxygen atoms in total. The van der Waals surface area contributed by atoms with E-state index in [4.69, 9.17) is 34.8 Å². The van der Waals surface area contributed by atoms with Crippen LogP contribution in [0.25, 0.3) is 0 Å². The van der Waals surface area contributed by atoms with Gasteiger partial charge in [0.15, 0.2) is 0 Å². The van der Waals surface area contributed by atoms with Gasteiger partial charge in [-0.2, -0.15) is 0 Å². The summed E-state index contributed by atoms with van der Waals surface area (Å²) in [4.78, 5) is 13.0. The smallest absolute Gasteiger partial charge is 1.00 e. The minimum atomic E-state index is -0.434. The Kier molecular flexibility index (Phi) is 4.82. The SMILES string of the molecule is O=c1[nH]cc(Cl)c(Cl)c1Cl.[H-].[H-].[Mg+2]. The van der Waals surface area contributed by atoms with Crippen molar-refractivity contribution in [2.75, 3.05) is 0 Å². The van der Waals surface area contributed by atoms with E-state index in [1.165, 1.54) is 6.20 Å². The van der Waals surface area contributed by atoms with Crippen molar-refractivity contribution in [2.24, 2.45) is 0 Å². The van der Waals surface area contributed by atoms with E-state index in [0.717, 1.165) is 0 Å². The van der Waals surface area contributed by atoms with E-state index in [-0.39, 0.29) is 41.0 Å². The molecule has 11 heavy (non-hydrogen) atoms. The standard InChI is InChI=1S/C5H2Cl3NO.Mg.2H/c6-2-1-9-5(10)4(8)3(2)7;;;/h1H,(H,9,10);;;/q;+2;2*-1. The molecule has 0 atom stereocenters. The molecule has 1 aromatic rings. The first-order valence-electron chi connectivity index (χ1n) is 2.35. The molecule has 0 aromatic carbocycles. The van der Waals surface area contributed by atoms with Crippen molar-refractivity contribution >= 4 is 57.9 Å². The van der Waals surface area contributed by atoms with Crippen LogP contribution in [0.3, 0.4) is 0 Å². The van der Waals surface area contributed by atoms with Crippen molar-refractivity contribution in [1.29, 1.82) is 0 Å². The summed E-state index contributed by atoms with van der Waals surface area (Å²) in [6, 6.07) is 0. The molecule has 0 fully saturated rings. The molecular formula is C5H4Cl3MgNO. The van der Waals surface area contributed by atoms with Gasteiger partial charge in [0.2, 0.25) is 0 Å². The first kappa shape index (κ1) is 11.6. The van der Waals surface area contributed by atoms with Gasteiger partial charge in [0.25, 0.3) is 5.56 Å². The zero-order chi connectivity index (χ0) is 7.72. The molecule has 0 aliphatic heterocycles. The zero-order valence-electron chi connectivity index (χ0n) is 7.33. The predicted molar refractivity (Wildman–Crippen MR) is 50.1 cm³/mol. The Bertz CT molecular complexity index is 319. The first-order chi connectivity index (χ1) is 4.63. The maximum atomic E-state index is 10.7. The molecule has 6 heteroatoms. The predicted octanol–water partition coefficient (Wildman–Crippen LogP) is 2.18. The number of rotatable bonds is 0. The topological polar surface area (TPSA) is 32.9 Å². The monoisotopic (exact) mass is 223 g/mol. The summed E-state index contributed by atoms with van der Waals surface area (Å²) >= 11 is 16.4. The van der Waals surface area contributed by atoms with Crippen LogP contribution in [-0.4, -0.2) is 28.0 Å². The maximum absolute atomic E-state index is 10.7. The second kappa shape index (κ2) is 4.57. The molecule has 0 saturated carbocycles. The van der Waals surface area contributed by atoms with Crippen LogP contribution in [0.4, 0.5) is 0 Å². The van der Waals surface area contributed by atoms with Gasteiger partial charge >= 0.3 is 23.1 Å². The second-order valence-electron chi connectivity index (χ2n) is 1.59. The van der Waals surface area contributed by atoms with Gasteiger partial charge in [-0.25, -0.2) is 0 Å². The molecular weight excluding hydrogens is 221 g/mol. The quantitative estimate of drug-likeness (QED) is 0.674. The number of hydrogen-bond donors (Lipinski definition) is 1. The van der Waals surface area contributed by atoms with Gasteiger partial charge in [0.1, 0.15) is 5.02 Å². The number of H-pyrrole nitrogens is 1. The summed E-state index contributed by atoms with van der Waals surface area (Å²) in [6.07, 6.45) is 1.29. The minimum Gasteiger partial charge on any atom is -1.00 e. The van der Waals surface area contributed by atoms with E-state index in [1.54, 1.807) is 0 Å². The third kappa shape index (κ3) is 2.52. The van der Waals surface area contributed by atoms with Gasteiger partial charge in [0.05, 0.1) is 10.0 Å². The summed E-state index contributed by atoms with van der Waals surface area (Å²) < 4.78 is 0. The molecule has 1 aromatic heterocycles. The number of pyridine rings is 1. The molecule has 1 rings (SSSR count). The Morgan fingerprint density at radius 1 is 1.27 bits per heavy atom. The van der Waals surface area contributed by atoms with Crippen molar-refractivity contribution in [3.8, 4) is 0 Å². The molecule has 0 spiro atoms. The Morgan fingerprint density at radius 2 is 1.82 bits per heavy atom. The number of halogens is 3. The third-order valence-corrected chi connectivity index (χ3v) is 2.18. The molecule has 0 aliphatic carbocycles. The Labute approximate surface area is 97.0 Å². The van der Waals surface area contributed by atoms with Crippen molar-refractivity contribution in [2.45, 2.75) is 0 Å². The van der Waals surface area contributed by atoms with Gasteiger partial charge in [-0.1, -0.05) is 34.8 Å². The summed E-state index contributed by atoms with van der Waals surface area (Å²) in [6.45, 7) is 0. The molecule has 58 valence electrons. The van der Waals surface area contributed by atoms with E-state index in [1.807, 2.05) is 0 Å². The zero-order valence-corrected chi connectivity index (χ0v) is 9.01. The van der Waals surface area contributed by atoms with Crippen molar-refractivity contribution < 1.29 is 2.85 Å². The fourth-order valence-corrected chi connectivity index (χ4v) is 0.954. The van der Waals surface area contributed by atoms with Crippen LogP contribution >= 0.6 is 34.8 Å². The van der Waals surface area contributed by atoms with Crippen molar-refractivity contribution in [3.05, 3.63) is 31.6 Å². The van der Waals surface area contributed by atoms with E-state index >= 15 is 0 Å². The second-order valence-corrected chi connectivity index (χ2v) is 2.76. The molecule has 0 bridgehead atoms. The molecule has 0 unspecified atom stereocenters. The molecule has 0 saturated heterocycles. The fourth-order valence-electron chi connectivity index (χ4n) is 0.460. The van der Waals surface area contributed by atoms with Gasteiger partial charge in [-0.05, 0) is 0 Å². The Hall–Kier alpha value is 0.586.